The monoisotopic (exact) mass is 236 g/mol. The van der Waals surface area contributed by atoms with E-state index in [4.69, 9.17) is 5.73 Å². The summed E-state index contributed by atoms with van der Waals surface area (Å²) in [6.07, 6.45) is 0. The Morgan fingerprint density at radius 3 is 2.59 bits per heavy atom. The number of benzene rings is 1. The first-order chi connectivity index (χ1) is 7.95. The summed E-state index contributed by atoms with van der Waals surface area (Å²) in [7, 11) is 1.27. The number of hydrogen-bond acceptors (Lipinski definition) is 4. The van der Waals surface area contributed by atoms with Gasteiger partial charge in [-0.25, -0.2) is 4.79 Å². The highest BCUT2D eigenvalue weighted by Crippen LogP contribution is 2.12. The molecule has 5 heteroatoms. The van der Waals surface area contributed by atoms with Crippen LogP contribution in [0, 0.1) is 6.92 Å². The molecule has 0 bridgehead atoms. The molecule has 0 heterocycles. The average molecular weight is 236 g/mol. The van der Waals surface area contributed by atoms with Crippen molar-refractivity contribution in [3.05, 3.63) is 29.3 Å². The molecule has 92 valence electrons. The van der Waals surface area contributed by atoms with Crippen molar-refractivity contribution in [1.29, 1.82) is 0 Å². The molecule has 0 saturated carbocycles. The Morgan fingerprint density at radius 2 is 2.06 bits per heavy atom. The quantitative estimate of drug-likeness (QED) is 0.602. The average Bonchev–Trinajstić information content (AvgIpc) is 2.31. The van der Waals surface area contributed by atoms with Crippen molar-refractivity contribution in [3.8, 4) is 0 Å². The molecule has 0 spiro atoms. The summed E-state index contributed by atoms with van der Waals surface area (Å²) in [6.45, 7) is 3.41. The van der Waals surface area contributed by atoms with Crippen LogP contribution < -0.4 is 11.1 Å². The predicted octanol–water partition coefficient (Wildman–Crippen LogP) is 0.869. The molecule has 3 N–H and O–H groups in total. The normalized spacial score (nSPS) is 11.7. The van der Waals surface area contributed by atoms with Crippen LogP contribution in [-0.2, 0) is 9.53 Å². The summed E-state index contributed by atoms with van der Waals surface area (Å²) < 4.78 is 4.51. The van der Waals surface area contributed by atoms with Crippen molar-refractivity contribution >= 4 is 17.6 Å². The van der Waals surface area contributed by atoms with Gasteiger partial charge >= 0.3 is 5.97 Å². The van der Waals surface area contributed by atoms with E-state index < -0.39 is 12.0 Å². The molecule has 1 atom stereocenters. The third kappa shape index (κ3) is 3.21. The van der Waals surface area contributed by atoms with Gasteiger partial charge in [-0.05, 0) is 31.5 Å². The number of hydrogen-bond donors (Lipinski definition) is 2. The minimum Gasteiger partial charge on any atom is -0.467 e. The van der Waals surface area contributed by atoms with Gasteiger partial charge in [0.15, 0.2) is 0 Å². The number of esters is 1. The molecule has 0 radical (unpaired) electrons. The Kier molecular flexibility index (Phi) is 4.09. The Balaban J connectivity index is 2.76. The Morgan fingerprint density at radius 1 is 1.41 bits per heavy atom. The molecule has 0 aliphatic rings. The van der Waals surface area contributed by atoms with E-state index in [1.165, 1.54) is 7.11 Å². The Bertz CT molecular complexity index is 443. The van der Waals surface area contributed by atoms with Crippen molar-refractivity contribution in [3.63, 3.8) is 0 Å². The van der Waals surface area contributed by atoms with E-state index in [1.807, 2.05) is 6.92 Å². The van der Waals surface area contributed by atoms with E-state index in [1.54, 1.807) is 25.1 Å². The van der Waals surface area contributed by atoms with E-state index in [9.17, 15) is 9.59 Å². The van der Waals surface area contributed by atoms with Gasteiger partial charge in [0.25, 0.3) is 5.91 Å². The lowest BCUT2D eigenvalue weighted by molar-refractivity contribution is -0.142. The minimum atomic E-state index is -0.685. The Hall–Kier alpha value is -2.04. The number of methoxy groups -OCH3 is 1. The first kappa shape index (κ1) is 13.0. The number of amides is 1. The number of nitrogen functional groups attached to an aromatic ring is 1. The third-order valence-corrected chi connectivity index (χ3v) is 2.44. The fraction of sp³-hybridized carbons (Fsp3) is 0.333. The zero-order valence-corrected chi connectivity index (χ0v) is 10.1. The lowest BCUT2D eigenvalue weighted by atomic mass is 10.1. The maximum Gasteiger partial charge on any atom is 0.328 e. The maximum atomic E-state index is 11.8. The molecule has 0 aromatic heterocycles. The SMILES string of the molecule is COC(=O)[C@H](C)NC(=O)c1ccc(C)c(N)c1. The molecule has 0 aliphatic heterocycles. The second kappa shape index (κ2) is 5.34. The van der Waals surface area contributed by atoms with Crippen molar-refractivity contribution in [1.82, 2.24) is 5.32 Å². The highest BCUT2D eigenvalue weighted by Gasteiger charge is 2.16. The second-order valence-corrected chi connectivity index (χ2v) is 3.79. The molecule has 1 rings (SSSR count). The van der Waals surface area contributed by atoms with Gasteiger partial charge in [0.05, 0.1) is 7.11 Å². The fourth-order valence-corrected chi connectivity index (χ4v) is 1.30. The van der Waals surface area contributed by atoms with E-state index >= 15 is 0 Å². The van der Waals surface area contributed by atoms with Crippen molar-refractivity contribution in [2.24, 2.45) is 0 Å². The van der Waals surface area contributed by atoms with Crippen LogP contribution in [0.1, 0.15) is 22.8 Å². The van der Waals surface area contributed by atoms with Crippen LogP contribution in [0.4, 0.5) is 5.69 Å². The number of carbonyl (C=O) groups excluding carboxylic acids is 2. The van der Waals surface area contributed by atoms with E-state index in [2.05, 4.69) is 10.1 Å². The summed E-state index contributed by atoms with van der Waals surface area (Å²) >= 11 is 0. The van der Waals surface area contributed by atoms with Crippen LogP contribution >= 0.6 is 0 Å². The van der Waals surface area contributed by atoms with Crippen molar-refractivity contribution in [2.75, 3.05) is 12.8 Å². The molecule has 0 aliphatic carbocycles. The summed E-state index contributed by atoms with van der Waals surface area (Å²) in [5, 5.41) is 2.52. The molecular weight excluding hydrogens is 220 g/mol. The molecule has 0 unspecified atom stereocenters. The van der Waals surface area contributed by atoms with E-state index in [0.717, 1.165) is 5.56 Å². The van der Waals surface area contributed by atoms with Gasteiger partial charge in [-0.3, -0.25) is 4.79 Å². The first-order valence-corrected chi connectivity index (χ1v) is 5.20. The fourth-order valence-electron chi connectivity index (χ4n) is 1.30. The van der Waals surface area contributed by atoms with Gasteiger partial charge in [-0.1, -0.05) is 6.07 Å². The molecule has 17 heavy (non-hydrogen) atoms. The topological polar surface area (TPSA) is 81.4 Å². The van der Waals surface area contributed by atoms with Gasteiger partial charge in [0, 0.05) is 11.3 Å². The van der Waals surface area contributed by atoms with E-state index in [0.29, 0.717) is 11.3 Å². The van der Waals surface area contributed by atoms with Crippen LogP contribution in [0.3, 0.4) is 0 Å². The second-order valence-electron chi connectivity index (χ2n) is 3.79. The van der Waals surface area contributed by atoms with Gasteiger partial charge < -0.3 is 15.8 Å². The van der Waals surface area contributed by atoms with Crippen LogP contribution in [0.15, 0.2) is 18.2 Å². The Labute approximate surface area is 99.9 Å². The summed E-state index contributed by atoms with van der Waals surface area (Å²) in [4.78, 5) is 22.9. The number of aryl methyl sites for hydroxylation is 1. The lowest BCUT2D eigenvalue weighted by Gasteiger charge is -2.12. The van der Waals surface area contributed by atoms with Crippen molar-refractivity contribution < 1.29 is 14.3 Å². The van der Waals surface area contributed by atoms with Crippen LogP contribution in [0.5, 0.6) is 0 Å². The van der Waals surface area contributed by atoms with Gasteiger partial charge in [0.1, 0.15) is 6.04 Å². The molecule has 0 fully saturated rings. The van der Waals surface area contributed by atoms with Crippen molar-refractivity contribution in [2.45, 2.75) is 19.9 Å². The standard InChI is InChI=1S/C12H16N2O3/c1-7-4-5-9(6-10(7)13)11(15)14-8(2)12(16)17-3/h4-6,8H,13H2,1-3H3,(H,14,15)/t8-/m0/s1. The smallest absolute Gasteiger partial charge is 0.328 e. The van der Waals surface area contributed by atoms with Gasteiger partial charge in [-0.2, -0.15) is 0 Å². The van der Waals surface area contributed by atoms with Crippen LogP contribution in [0.2, 0.25) is 0 Å². The third-order valence-electron chi connectivity index (χ3n) is 2.44. The molecule has 1 amide bonds. The number of anilines is 1. The van der Waals surface area contributed by atoms with Crippen LogP contribution in [-0.4, -0.2) is 25.0 Å². The zero-order chi connectivity index (χ0) is 13.0. The largest absolute Gasteiger partial charge is 0.467 e. The summed E-state index contributed by atoms with van der Waals surface area (Å²) in [5.74, 6) is -0.840. The van der Waals surface area contributed by atoms with Gasteiger partial charge in [0.2, 0.25) is 0 Å². The molecule has 0 saturated heterocycles. The summed E-state index contributed by atoms with van der Waals surface area (Å²) in [6, 6.07) is 4.31. The number of carbonyl (C=O) groups is 2. The van der Waals surface area contributed by atoms with Gasteiger partial charge in [-0.15, -0.1) is 0 Å². The predicted molar refractivity (Wildman–Crippen MR) is 64.5 cm³/mol. The zero-order valence-electron chi connectivity index (χ0n) is 10.1. The number of nitrogens with one attached hydrogen (secondary N) is 1. The molecular formula is C12H16N2O3. The molecule has 1 aromatic rings. The van der Waals surface area contributed by atoms with Crippen LogP contribution in [0.25, 0.3) is 0 Å². The highest BCUT2D eigenvalue weighted by molar-refractivity contribution is 5.97. The first-order valence-electron chi connectivity index (χ1n) is 5.20. The number of rotatable bonds is 3. The summed E-state index contributed by atoms with van der Waals surface area (Å²) in [5.41, 5.74) is 7.57. The highest BCUT2D eigenvalue weighted by atomic mass is 16.5. The lowest BCUT2D eigenvalue weighted by Crippen LogP contribution is -2.39. The molecule has 1 aromatic carbocycles. The maximum absolute atomic E-state index is 11.8. The number of ether oxygens (including phenoxy) is 1. The number of nitrogens with two attached hydrogens (primary N) is 1. The minimum absolute atomic E-state index is 0.352. The van der Waals surface area contributed by atoms with E-state index in [-0.39, 0.29) is 5.91 Å². The molecule has 5 nitrogen and oxygen atoms in total.